The summed E-state index contributed by atoms with van der Waals surface area (Å²) in [5.74, 6) is 1.27. The molecule has 2 saturated carbocycles. The molecule has 198 valence electrons. The second-order valence-corrected chi connectivity index (χ2v) is 11.6. The lowest BCUT2D eigenvalue weighted by molar-refractivity contribution is 0.0708. The molecule has 4 heterocycles. The molecule has 6 heteroatoms. The van der Waals surface area contributed by atoms with Crippen LogP contribution in [0.5, 0.6) is 0 Å². The van der Waals surface area contributed by atoms with Crippen LogP contribution in [0.25, 0.3) is 16.6 Å². The molecule has 4 atom stereocenters. The molecule has 2 aliphatic carbocycles. The van der Waals surface area contributed by atoms with E-state index >= 15 is 0 Å². The van der Waals surface area contributed by atoms with Gasteiger partial charge in [0, 0.05) is 36.0 Å². The van der Waals surface area contributed by atoms with Crippen molar-refractivity contribution in [1.82, 2.24) is 19.7 Å². The number of nitrogens with zero attached hydrogens (tertiary/aromatic N) is 4. The van der Waals surface area contributed by atoms with Gasteiger partial charge in [0.15, 0.2) is 0 Å². The molecule has 5 aromatic rings. The summed E-state index contributed by atoms with van der Waals surface area (Å²) >= 11 is 0. The van der Waals surface area contributed by atoms with E-state index in [0.29, 0.717) is 23.4 Å². The Balaban J connectivity index is 1.15. The normalized spacial score (nSPS) is 23.4. The van der Waals surface area contributed by atoms with Crippen molar-refractivity contribution >= 4 is 16.8 Å². The average molecular weight is 529 g/mol. The monoisotopic (exact) mass is 528 g/mol. The summed E-state index contributed by atoms with van der Waals surface area (Å²) in [7, 11) is 0. The molecule has 2 saturated heterocycles. The predicted octanol–water partition coefficient (Wildman–Crippen LogP) is 6.77. The Morgan fingerprint density at radius 3 is 2.42 bits per heavy atom. The topological polar surface area (TPSA) is 51.0 Å². The summed E-state index contributed by atoms with van der Waals surface area (Å²) in [6.45, 7) is 2.88. The van der Waals surface area contributed by atoms with E-state index in [1.807, 2.05) is 29.2 Å². The number of halogens is 1. The van der Waals surface area contributed by atoms with E-state index in [0.717, 1.165) is 23.1 Å². The number of aryl methyl sites for hydroxylation is 1. The number of pyridine rings is 1. The molecule has 0 spiro atoms. The lowest BCUT2D eigenvalue weighted by Crippen LogP contribution is -2.46. The number of carbonyl (C=O) groups is 1. The van der Waals surface area contributed by atoms with Gasteiger partial charge in [0.25, 0.3) is 5.91 Å². The van der Waals surface area contributed by atoms with Crippen LogP contribution in [0.4, 0.5) is 4.39 Å². The zero-order valence-corrected chi connectivity index (χ0v) is 22.2. The third-order valence-electron chi connectivity index (χ3n) is 9.31. The Labute approximate surface area is 232 Å². The second kappa shape index (κ2) is 8.85. The zero-order valence-electron chi connectivity index (χ0n) is 22.2. The molecular formula is C34H29FN4O. The molecule has 2 aromatic heterocycles. The van der Waals surface area contributed by atoms with Crippen molar-refractivity contribution in [3.8, 4) is 5.69 Å². The van der Waals surface area contributed by atoms with E-state index in [9.17, 15) is 9.18 Å². The molecule has 5 nitrogen and oxygen atoms in total. The van der Waals surface area contributed by atoms with Gasteiger partial charge in [-0.05, 0) is 96.3 Å². The highest BCUT2D eigenvalue weighted by atomic mass is 19.1. The zero-order chi connectivity index (χ0) is 27.0. The van der Waals surface area contributed by atoms with Gasteiger partial charge in [-0.1, -0.05) is 36.4 Å². The van der Waals surface area contributed by atoms with Crippen LogP contribution >= 0.6 is 0 Å². The molecule has 3 aromatic carbocycles. The van der Waals surface area contributed by atoms with E-state index in [-0.39, 0.29) is 23.7 Å². The van der Waals surface area contributed by atoms with Gasteiger partial charge in [-0.25, -0.2) is 9.07 Å². The molecule has 0 radical (unpaired) electrons. The molecule has 2 bridgehead atoms. The number of carbonyl (C=O) groups excluding carboxylic acids is 1. The summed E-state index contributed by atoms with van der Waals surface area (Å²) in [6, 6.07) is 25.5. The van der Waals surface area contributed by atoms with Crippen molar-refractivity contribution in [1.29, 1.82) is 0 Å². The summed E-state index contributed by atoms with van der Waals surface area (Å²) in [6.07, 6.45) is 6.22. The fourth-order valence-electron chi connectivity index (χ4n) is 7.20. The summed E-state index contributed by atoms with van der Waals surface area (Å²) in [5.41, 5.74) is 7.36. The number of benzene rings is 3. The van der Waals surface area contributed by atoms with Crippen LogP contribution in [0.15, 0.2) is 91.3 Å². The number of hydrogen-bond acceptors (Lipinski definition) is 3. The molecular weight excluding hydrogens is 499 g/mol. The van der Waals surface area contributed by atoms with Crippen molar-refractivity contribution in [2.75, 3.05) is 6.54 Å². The quantitative estimate of drug-likeness (QED) is 0.253. The largest absolute Gasteiger partial charge is 0.333 e. The Morgan fingerprint density at radius 2 is 1.70 bits per heavy atom. The number of aromatic nitrogens is 3. The van der Waals surface area contributed by atoms with Crippen molar-refractivity contribution in [2.24, 2.45) is 5.92 Å². The third-order valence-corrected chi connectivity index (χ3v) is 9.31. The number of amides is 1. The molecule has 1 unspecified atom stereocenters. The van der Waals surface area contributed by atoms with Crippen LogP contribution in [0, 0.1) is 18.7 Å². The maximum absolute atomic E-state index is 13.8. The molecule has 4 aliphatic rings. The van der Waals surface area contributed by atoms with E-state index in [4.69, 9.17) is 0 Å². The fraction of sp³-hybridized carbons (Fsp3) is 0.265. The number of fused-ring (bicyclic) bond motifs is 2. The third kappa shape index (κ3) is 3.62. The van der Waals surface area contributed by atoms with Crippen LogP contribution in [0.1, 0.15) is 63.3 Å². The van der Waals surface area contributed by atoms with E-state index in [1.165, 1.54) is 47.2 Å². The molecule has 1 amide bonds. The maximum Gasteiger partial charge on any atom is 0.272 e. The second-order valence-electron chi connectivity index (χ2n) is 11.6. The molecule has 2 aliphatic heterocycles. The molecule has 4 fully saturated rings. The molecule has 40 heavy (non-hydrogen) atoms. The average Bonchev–Trinajstić information content (AvgIpc) is 3.48. The van der Waals surface area contributed by atoms with Crippen molar-refractivity contribution in [2.45, 2.75) is 43.6 Å². The van der Waals surface area contributed by atoms with Gasteiger partial charge in [0.1, 0.15) is 11.5 Å². The highest BCUT2D eigenvalue weighted by molar-refractivity contribution is 5.93. The van der Waals surface area contributed by atoms with Gasteiger partial charge in [0.2, 0.25) is 0 Å². The van der Waals surface area contributed by atoms with E-state index < -0.39 is 0 Å². The Bertz CT molecular complexity index is 1740. The van der Waals surface area contributed by atoms with Crippen molar-refractivity contribution < 1.29 is 9.18 Å². The Hall–Kier alpha value is -4.32. The smallest absolute Gasteiger partial charge is 0.272 e. The van der Waals surface area contributed by atoms with Crippen LogP contribution in [0.3, 0.4) is 0 Å². The van der Waals surface area contributed by atoms with Gasteiger partial charge in [-0.15, -0.1) is 0 Å². The first kappa shape index (κ1) is 23.6. The first-order valence-electron chi connectivity index (χ1n) is 14.1. The van der Waals surface area contributed by atoms with E-state index in [1.54, 1.807) is 12.1 Å². The molecule has 0 N–H and O–H groups in total. The van der Waals surface area contributed by atoms with Crippen LogP contribution in [0.2, 0.25) is 0 Å². The number of rotatable bonds is 5. The van der Waals surface area contributed by atoms with Gasteiger partial charge < -0.3 is 4.90 Å². The minimum Gasteiger partial charge on any atom is -0.333 e. The SMILES string of the molecule is Cc1cc2c(cnn2-c2ccc(F)cc2)cc1[C@H]1C2[C@H](c3ccccc3)[C@H]1CN2C(=O)c1ccc(C2CC2)cn1. The minimum atomic E-state index is -0.264. The minimum absolute atomic E-state index is 0.0288. The highest BCUT2D eigenvalue weighted by Crippen LogP contribution is 2.61. The fourth-order valence-corrected chi connectivity index (χ4v) is 7.20. The first-order valence-corrected chi connectivity index (χ1v) is 14.1. The van der Waals surface area contributed by atoms with Crippen LogP contribution in [-0.4, -0.2) is 38.2 Å². The van der Waals surface area contributed by atoms with Crippen LogP contribution in [-0.2, 0) is 0 Å². The van der Waals surface area contributed by atoms with Crippen LogP contribution < -0.4 is 0 Å². The highest BCUT2D eigenvalue weighted by Gasteiger charge is 2.62. The Morgan fingerprint density at radius 1 is 0.900 bits per heavy atom. The van der Waals surface area contributed by atoms with Crippen molar-refractivity contribution in [3.63, 3.8) is 0 Å². The van der Waals surface area contributed by atoms with Gasteiger partial charge in [-0.2, -0.15) is 5.10 Å². The number of hydrogen-bond donors (Lipinski definition) is 0. The first-order chi connectivity index (χ1) is 19.6. The lowest BCUT2D eigenvalue weighted by Gasteiger charge is -2.46. The van der Waals surface area contributed by atoms with Gasteiger partial charge >= 0.3 is 0 Å². The summed E-state index contributed by atoms with van der Waals surface area (Å²) in [4.78, 5) is 20.5. The lowest BCUT2D eigenvalue weighted by atomic mass is 9.59. The summed E-state index contributed by atoms with van der Waals surface area (Å²) < 4.78 is 15.4. The molecule has 9 rings (SSSR count). The Kier molecular flexibility index (Phi) is 5.21. The van der Waals surface area contributed by atoms with Gasteiger partial charge in [0.05, 0.1) is 17.4 Å². The van der Waals surface area contributed by atoms with Gasteiger partial charge in [-0.3, -0.25) is 9.78 Å². The maximum atomic E-state index is 13.8. The summed E-state index contributed by atoms with van der Waals surface area (Å²) in [5, 5.41) is 5.67. The van der Waals surface area contributed by atoms with E-state index in [2.05, 4.69) is 64.4 Å². The standard InChI is InChI=1S/C34H29FN4O/c1-20-15-30-24(18-37-39(30)26-12-10-25(35)11-13-26)16-27(20)32-28-19-38(33(32)31(28)22-5-3-2-4-6-22)34(40)29-14-9-23(17-36-29)21-7-8-21/h2-6,9-18,21,28,31-33H,7-8,19H2,1H3/t28-,31-,32-,33?/m1/s1. The predicted molar refractivity (Wildman–Crippen MR) is 152 cm³/mol. The van der Waals surface area contributed by atoms with Crippen molar-refractivity contribution in [3.05, 3.63) is 125 Å².